The number of nitrogens with one attached hydrogen (secondary N) is 1. The summed E-state index contributed by atoms with van der Waals surface area (Å²) in [5.74, 6) is -0.0263. The number of H-pyrrole nitrogens is 1. The summed E-state index contributed by atoms with van der Waals surface area (Å²) in [6.45, 7) is 0.897. The highest BCUT2D eigenvalue weighted by Crippen LogP contribution is 2.32. The van der Waals surface area contributed by atoms with Gasteiger partial charge in [-0.05, 0) is 43.7 Å². The topological polar surface area (TPSA) is 82.1 Å². The maximum atomic E-state index is 13.3. The lowest BCUT2D eigenvalue weighted by Crippen LogP contribution is -2.29. The highest BCUT2D eigenvalue weighted by atomic mass is 16.3. The van der Waals surface area contributed by atoms with E-state index in [4.69, 9.17) is 0 Å². The Morgan fingerprint density at radius 1 is 1.21 bits per heavy atom. The van der Waals surface area contributed by atoms with E-state index in [1.807, 2.05) is 12.1 Å². The Morgan fingerprint density at radius 3 is 2.96 bits per heavy atom. The van der Waals surface area contributed by atoms with Crippen molar-refractivity contribution in [2.45, 2.75) is 38.2 Å². The van der Waals surface area contributed by atoms with E-state index in [1.54, 1.807) is 23.5 Å². The van der Waals surface area contributed by atoms with Gasteiger partial charge in [-0.15, -0.1) is 0 Å². The van der Waals surface area contributed by atoms with Crippen LogP contribution in [-0.4, -0.2) is 50.1 Å². The van der Waals surface area contributed by atoms with Crippen molar-refractivity contribution in [3.05, 3.63) is 59.3 Å². The number of carbonyl (C=O) groups excluding carboxylic acids is 1. The smallest absolute Gasteiger partial charge is 0.256 e. The fraction of sp³-hybridized carbons (Fsp3) is 0.409. The van der Waals surface area contributed by atoms with Gasteiger partial charge in [0.15, 0.2) is 0 Å². The maximum Gasteiger partial charge on any atom is 0.256 e. The van der Waals surface area contributed by atoms with E-state index in [9.17, 15) is 9.90 Å². The zero-order chi connectivity index (χ0) is 19.1. The highest BCUT2D eigenvalue weighted by Gasteiger charge is 2.35. The molecule has 1 aromatic carbocycles. The number of hydrogen-bond acceptors (Lipinski definition) is 4. The highest BCUT2D eigenvalue weighted by molar-refractivity contribution is 6.07. The minimum atomic E-state index is -0.540. The first-order valence-corrected chi connectivity index (χ1v) is 10.1. The Labute approximate surface area is 163 Å². The van der Waals surface area contributed by atoms with E-state index in [-0.39, 0.29) is 11.8 Å². The van der Waals surface area contributed by atoms with Crippen molar-refractivity contribution in [1.29, 1.82) is 0 Å². The number of aliphatic hydroxyl groups excluding tert-OH is 1. The van der Waals surface area contributed by atoms with E-state index < -0.39 is 6.10 Å². The molecule has 1 fully saturated rings. The Kier molecular flexibility index (Phi) is 4.36. The van der Waals surface area contributed by atoms with Gasteiger partial charge < -0.3 is 15.0 Å². The monoisotopic (exact) mass is 376 g/mol. The number of fused-ring (bicyclic) bond motifs is 3. The third kappa shape index (κ3) is 2.98. The van der Waals surface area contributed by atoms with E-state index in [0.29, 0.717) is 25.1 Å². The van der Waals surface area contributed by atoms with Crippen LogP contribution in [-0.2, 0) is 19.3 Å². The molecule has 3 aromatic rings. The minimum Gasteiger partial charge on any atom is -0.391 e. The van der Waals surface area contributed by atoms with Crippen LogP contribution in [0.4, 0.5) is 0 Å². The summed E-state index contributed by atoms with van der Waals surface area (Å²) in [7, 11) is 0. The summed E-state index contributed by atoms with van der Waals surface area (Å²) in [5, 5.41) is 11.7. The third-order valence-corrected chi connectivity index (χ3v) is 6.15. The van der Waals surface area contributed by atoms with Crippen LogP contribution in [0.3, 0.4) is 0 Å². The van der Waals surface area contributed by atoms with Gasteiger partial charge in [0, 0.05) is 48.7 Å². The Hall–Kier alpha value is -2.73. The van der Waals surface area contributed by atoms with Crippen molar-refractivity contribution < 1.29 is 9.90 Å². The lowest BCUT2D eigenvalue weighted by atomic mass is 9.95. The number of benzene rings is 1. The molecule has 3 heterocycles. The van der Waals surface area contributed by atoms with E-state index >= 15 is 0 Å². The van der Waals surface area contributed by atoms with Crippen LogP contribution >= 0.6 is 0 Å². The summed E-state index contributed by atoms with van der Waals surface area (Å²) in [6.07, 6.45) is 9.65. The molecule has 1 aliphatic carbocycles. The average molecular weight is 376 g/mol. The van der Waals surface area contributed by atoms with Crippen LogP contribution in [0, 0.1) is 5.92 Å². The molecular weight excluding hydrogens is 352 g/mol. The van der Waals surface area contributed by atoms with Crippen molar-refractivity contribution in [3.63, 3.8) is 0 Å². The molecule has 144 valence electrons. The predicted octanol–water partition coefficient (Wildman–Crippen LogP) is 2.51. The molecule has 0 bridgehead atoms. The lowest BCUT2D eigenvalue weighted by molar-refractivity contribution is 0.0766. The first kappa shape index (κ1) is 17.4. The second-order valence-electron chi connectivity index (χ2n) is 7.96. The quantitative estimate of drug-likeness (QED) is 0.736. The Bertz CT molecular complexity index is 1010. The summed E-state index contributed by atoms with van der Waals surface area (Å²) in [6, 6.07) is 5.99. The number of nitrogens with zero attached hydrogens (tertiary/aromatic N) is 3. The molecule has 1 saturated heterocycles. The Balaban J connectivity index is 1.40. The van der Waals surface area contributed by atoms with Gasteiger partial charge in [-0.3, -0.25) is 14.8 Å². The van der Waals surface area contributed by atoms with Gasteiger partial charge in [0.25, 0.3) is 5.91 Å². The summed E-state index contributed by atoms with van der Waals surface area (Å²) in [5.41, 5.74) is 5.16. The number of rotatable bonds is 3. The molecule has 0 radical (unpaired) electrons. The second-order valence-corrected chi connectivity index (χ2v) is 7.96. The third-order valence-electron chi connectivity index (χ3n) is 6.15. The molecule has 1 amide bonds. The van der Waals surface area contributed by atoms with E-state index in [1.165, 1.54) is 29.5 Å². The maximum absolute atomic E-state index is 13.3. The van der Waals surface area contributed by atoms with E-state index in [2.05, 4.69) is 21.0 Å². The number of hydrogen-bond donors (Lipinski definition) is 2. The van der Waals surface area contributed by atoms with E-state index in [0.717, 1.165) is 24.1 Å². The molecule has 0 spiro atoms. The first-order chi connectivity index (χ1) is 13.7. The van der Waals surface area contributed by atoms with Gasteiger partial charge in [-0.2, -0.15) is 0 Å². The van der Waals surface area contributed by atoms with Crippen molar-refractivity contribution >= 4 is 16.8 Å². The van der Waals surface area contributed by atoms with Crippen molar-refractivity contribution in [1.82, 2.24) is 19.9 Å². The molecule has 0 saturated carbocycles. The fourth-order valence-electron chi connectivity index (χ4n) is 4.70. The zero-order valence-corrected chi connectivity index (χ0v) is 15.8. The summed E-state index contributed by atoms with van der Waals surface area (Å²) >= 11 is 0. The number of aryl methyl sites for hydroxylation is 2. The van der Waals surface area contributed by atoms with Crippen LogP contribution in [0.5, 0.6) is 0 Å². The van der Waals surface area contributed by atoms with Crippen LogP contribution < -0.4 is 0 Å². The predicted molar refractivity (Wildman–Crippen MR) is 106 cm³/mol. The number of β-amino-alcohol motifs (C(OH)–C–C–N with tert-alkyl or cyclic N) is 1. The van der Waals surface area contributed by atoms with Gasteiger partial charge in [0.05, 0.1) is 22.9 Å². The molecular formula is C22H24N4O2. The van der Waals surface area contributed by atoms with Crippen molar-refractivity contribution in [2.75, 3.05) is 13.1 Å². The van der Waals surface area contributed by atoms with Gasteiger partial charge in [0.1, 0.15) is 0 Å². The summed E-state index contributed by atoms with van der Waals surface area (Å²) in [4.78, 5) is 27.0. The van der Waals surface area contributed by atoms with Crippen LogP contribution in [0.1, 0.15) is 40.2 Å². The molecule has 6 nitrogen and oxygen atoms in total. The molecule has 6 heteroatoms. The van der Waals surface area contributed by atoms with Crippen LogP contribution in [0.25, 0.3) is 10.9 Å². The zero-order valence-electron chi connectivity index (χ0n) is 15.8. The Morgan fingerprint density at radius 2 is 2.11 bits per heavy atom. The number of likely N-dealkylation sites (tertiary alicyclic amines) is 1. The number of aromatic nitrogens is 3. The van der Waals surface area contributed by atoms with Crippen LogP contribution in [0.2, 0.25) is 0 Å². The average Bonchev–Trinajstić information content (AvgIpc) is 3.29. The number of para-hydroxylation sites is 1. The first-order valence-electron chi connectivity index (χ1n) is 10.1. The number of aromatic amines is 1. The molecule has 5 rings (SSSR count). The number of carbonyl (C=O) groups is 1. The van der Waals surface area contributed by atoms with Gasteiger partial charge in [-0.25, -0.2) is 0 Å². The van der Waals surface area contributed by atoms with Crippen LogP contribution in [0.15, 0.2) is 36.8 Å². The minimum absolute atomic E-state index is 0.00936. The largest absolute Gasteiger partial charge is 0.391 e. The molecule has 28 heavy (non-hydrogen) atoms. The fourth-order valence-corrected chi connectivity index (χ4v) is 4.70. The standard InChI is InChI=1S/C22H24N4O2/c27-20-13-26(12-14(20)10-15-11-23-8-9-24-15)22(28)18-6-3-5-17-16-4-1-2-7-19(16)25-21(17)18/h3,5-6,8-9,11,14,20,25,27H,1-2,4,7,10,12-13H2. The molecule has 1 aliphatic heterocycles. The normalized spacial score (nSPS) is 21.8. The lowest BCUT2D eigenvalue weighted by Gasteiger charge is -2.16. The second kappa shape index (κ2) is 7.02. The van der Waals surface area contributed by atoms with Gasteiger partial charge in [0.2, 0.25) is 0 Å². The molecule has 2 N–H and O–H groups in total. The molecule has 2 aliphatic rings. The van der Waals surface area contributed by atoms with Crippen molar-refractivity contribution in [3.8, 4) is 0 Å². The van der Waals surface area contributed by atoms with Gasteiger partial charge in [-0.1, -0.05) is 12.1 Å². The molecule has 2 atom stereocenters. The SMILES string of the molecule is O=C(c1cccc2c3c([nH]c12)CCCC3)N1CC(O)C(Cc2cnccn2)C1. The van der Waals surface area contributed by atoms with Gasteiger partial charge >= 0.3 is 0 Å². The summed E-state index contributed by atoms with van der Waals surface area (Å²) < 4.78 is 0. The number of aliphatic hydroxyl groups is 1. The molecule has 2 unspecified atom stereocenters. The number of amides is 1. The molecule has 2 aromatic heterocycles. The van der Waals surface area contributed by atoms with Crippen molar-refractivity contribution in [2.24, 2.45) is 5.92 Å².